The van der Waals surface area contributed by atoms with Crippen LogP contribution in [0.2, 0.25) is 0 Å². The van der Waals surface area contributed by atoms with E-state index >= 15 is 0 Å². The largest absolute Gasteiger partial charge is 0.389 e. The molecule has 3 heterocycles. The predicted octanol–water partition coefficient (Wildman–Crippen LogP) is 1.24. The standard InChI is InChI=1S/C30H33N3O6/c34-16-25(35)24(15-18-13-14-31-27(18)36)32-28(37)26-17-9-11-19(12-10-17)33(26)29(38)30(39)22-7-3-1-5-20(22)21-6-2-4-8-23(21)30/h1-8,17-19,24,26,34,39H,9-16H2,(H,31,36)(H,32,37)/t17?,18-,19?,24-,26+/m0/s1. The summed E-state index contributed by atoms with van der Waals surface area (Å²) in [6.45, 7) is -0.250. The number of rotatable bonds is 7. The quantitative estimate of drug-likeness (QED) is 0.425. The third-order valence-electron chi connectivity index (χ3n) is 9.16. The van der Waals surface area contributed by atoms with Gasteiger partial charge in [-0.1, -0.05) is 48.5 Å². The minimum atomic E-state index is -1.94. The van der Waals surface area contributed by atoms with Crippen LogP contribution in [0, 0.1) is 11.8 Å². The molecule has 2 bridgehead atoms. The summed E-state index contributed by atoms with van der Waals surface area (Å²) in [5, 5.41) is 27.3. The lowest BCUT2D eigenvalue weighted by atomic mass is 9.73. The van der Waals surface area contributed by atoms with E-state index in [-0.39, 0.29) is 24.3 Å². The fourth-order valence-corrected chi connectivity index (χ4v) is 7.20. The SMILES string of the molecule is O=C1NCC[C@H]1C[C@H](NC(=O)[C@H]1C2CCC(CC2)N1C(=O)C1(O)c2ccccc2-c2ccccc21)C(=O)CO. The minimum Gasteiger partial charge on any atom is -0.389 e. The Morgan fingerprint density at radius 3 is 2.15 bits per heavy atom. The van der Waals surface area contributed by atoms with Crippen LogP contribution in [-0.2, 0) is 24.8 Å². The van der Waals surface area contributed by atoms with E-state index in [1.165, 1.54) is 0 Å². The van der Waals surface area contributed by atoms with Gasteiger partial charge >= 0.3 is 0 Å². The molecule has 3 saturated heterocycles. The number of carbonyl (C=O) groups excluding carboxylic acids is 4. The zero-order chi connectivity index (χ0) is 27.3. The maximum atomic E-state index is 14.5. The molecule has 0 spiro atoms. The topological polar surface area (TPSA) is 136 Å². The first kappa shape index (κ1) is 25.7. The van der Waals surface area contributed by atoms with Gasteiger partial charge in [0.05, 0.1) is 6.04 Å². The summed E-state index contributed by atoms with van der Waals surface area (Å²) in [7, 11) is 0. The van der Waals surface area contributed by atoms with E-state index in [2.05, 4.69) is 10.6 Å². The number of hydrogen-bond acceptors (Lipinski definition) is 6. The molecule has 3 atom stereocenters. The normalized spacial score (nSPS) is 26.9. The molecule has 9 heteroatoms. The molecule has 2 aliphatic carbocycles. The van der Waals surface area contributed by atoms with E-state index in [1.54, 1.807) is 29.2 Å². The average molecular weight is 532 g/mol. The van der Waals surface area contributed by atoms with Gasteiger partial charge in [-0.25, -0.2) is 0 Å². The number of aliphatic hydroxyl groups excluding tert-OH is 1. The van der Waals surface area contributed by atoms with Crippen LogP contribution >= 0.6 is 0 Å². The Balaban J connectivity index is 1.33. The molecule has 4 N–H and O–H groups in total. The Morgan fingerprint density at radius 1 is 0.974 bits per heavy atom. The third kappa shape index (κ3) is 4.06. The molecule has 2 aromatic rings. The third-order valence-corrected chi connectivity index (χ3v) is 9.16. The van der Waals surface area contributed by atoms with E-state index < -0.39 is 47.8 Å². The molecule has 5 aliphatic rings. The van der Waals surface area contributed by atoms with E-state index in [0.29, 0.717) is 24.1 Å². The second-order valence-corrected chi connectivity index (χ2v) is 11.2. The van der Waals surface area contributed by atoms with Crippen molar-refractivity contribution in [1.29, 1.82) is 0 Å². The zero-order valence-corrected chi connectivity index (χ0v) is 21.6. The van der Waals surface area contributed by atoms with Crippen molar-refractivity contribution in [2.45, 2.75) is 62.3 Å². The van der Waals surface area contributed by atoms with Gasteiger partial charge in [0, 0.05) is 29.6 Å². The average Bonchev–Trinajstić information content (AvgIpc) is 3.50. The van der Waals surface area contributed by atoms with E-state index in [1.807, 2.05) is 24.3 Å². The van der Waals surface area contributed by atoms with Gasteiger partial charge in [-0.05, 0) is 55.6 Å². The van der Waals surface area contributed by atoms with Crippen LogP contribution in [0.5, 0.6) is 0 Å². The van der Waals surface area contributed by atoms with Crippen molar-refractivity contribution in [2.24, 2.45) is 11.8 Å². The molecule has 0 aromatic heterocycles. The van der Waals surface area contributed by atoms with Gasteiger partial charge in [0.1, 0.15) is 12.6 Å². The number of ketones is 1. The summed E-state index contributed by atoms with van der Waals surface area (Å²) >= 11 is 0. The van der Waals surface area contributed by atoms with Crippen LogP contribution in [0.3, 0.4) is 0 Å². The lowest BCUT2D eigenvalue weighted by molar-refractivity contribution is -0.166. The molecule has 2 aromatic carbocycles. The maximum absolute atomic E-state index is 14.5. The Bertz CT molecular complexity index is 1290. The van der Waals surface area contributed by atoms with Crippen molar-refractivity contribution >= 4 is 23.5 Å². The first-order chi connectivity index (χ1) is 18.8. The summed E-state index contributed by atoms with van der Waals surface area (Å²) in [6.07, 6.45) is 3.65. The Hall–Kier alpha value is -3.56. The summed E-state index contributed by atoms with van der Waals surface area (Å²) in [6, 6.07) is 12.5. The highest BCUT2D eigenvalue weighted by atomic mass is 16.3. The van der Waals surface area contributed by atoms with Gasteiger partial charge in [0.2, 0.25) is 11.8 Å². The predicted molar refractivity (Wildman–Crippen MR) is 141 cm³/mol. The highest BCUT2D eigenvalue weighted by molar-refractivity contribution is 6.01. The van der Waals surface area contributed by atoms with Crippen molar-refractivity contribution in [3.63, 3.8) is 0 Å². The maximum Gasteiger partial charge on any atom is 0.264 e. The van der Waals surface area contributed by atoms with Crippen LogP contribution in [-0.4, -0.2) is 69.9 Å². The number of nitrogens with zero attached hydrogens (tertiary/aromatic N) is 1. The molecule has 1 saturated carbocycles. The summed E-state index contributed by atoms with van der Waals surface area (Å²) in [5.41, 5.74) is 0.631. The molecule has 204 valence electrons. The summed E-state index contributed by atoms with van der Waals surface area (Å²) in [4.78, 5) is 54.7. The number of carbonyl (C=O) groups is 4. The molecule has 3 amide bonds. The fraction of sp³-hybridized carbons (Fsp3) is 0.467. The fourth-order valence-electron chi connectivity index (χ4n) is 7.20. The summed E-state index contributed by atoms with van der Waals surface area (Å²) in [5.74, 6) is -2.30. The molecule has 3 aliphatic heterocycles. The van der Waals surface area contributed by atoms with Gasteiger partial charge in [-0.15, -0.1) is 0 Å². The van der Waals surface area contributed by atoms with E-state index in [4.69, 9.17) is 0 Å². The van der Waals surface area contributed by atoms with Crippen molar-refractivity contribution in [3.8, 4) is 11.1 Å². The van der Waals surface area contributed by atoms with Gasteiger partial charge in [-0.2, -0.15) is 0 Å². The molecular formula is C30H33N3O6. The first-order valence-electron chi connectivity index (χ1n) is 13.8. The van der Waals surface area contributed by atoms with Gasteiger partial charge in [-0.3, -0.25) is 19.2 Å². The van der Waals surface area contributed by atoms with Gasteiger partial charge in [0.15, 0.2) is 11.4 Å². The lowest BCUT2D eigenvalue weighted by Gasteiger charge is -2.52. The van der Waals surface area contributed by atoms with Crippen LogP contribution in [0.4, 0.5) is 0 Å². The summed E-state index contributed by atoms with van der Waals surface area (Å²) < 4.78 is 0. The monoisotopic (exact) mass is 531 g/mol. The first-order valence-corrected chi connectivity index (χ1v) is 13.8. The van der Waals surface area contributed by atoms with Crippen molar-refractivity contribution in [2.75, 3.05) is 13.2 Å². The second kappa shape index (κ2) is 9.88. The van der Waals surface area contributed by atoms with Gasteiger partial charge < -0.3 is 25.7 Å². The lowest BCUT2D eigenvalue weighted by Crippen LogP contribution is -2.66. The highest BCUT2D eigenvalue weighted by Gasteiger charge is 2.56. The van der Waals surface area contributed by atoms with Crippen LogP contribution in [0.25, 0.3) is 11.1 Å². The van der Waals surface area contributed by atoms with Crippen molar-refractivity contribution in [3.05, 3.63) is 59.7 Å². The molecule has 9 nitrogen and oxygen atoms in total. The van der Waals surface area contributed by atoms with Crippen molar-refractivity contribution < 1.29 is 29.4 Å². The molecule has 7 rings (SSSR count). The van der Waals surface area contributed by atoms with Crippen LogP contribution in [0.1, 0.15) is 49.7 Å². The number of piperidine rings is 2. The number of fused-ring (bicyclic) bond motifs is 6. The van der Waals surface area contributed by atoms with E-state index in [0.717, 1.165) is 36.8 Å². The van der Waals surface area contributed by atoms with Crippen LogP contribution in [0.15, 0.2) is 48.5 Å². The van der Waals surface area contributed by atoms with E-state index in [9.17, 15) is 29.4 Å². The van der Waals surface area contributed by atoms with Crippen molar-refractivity contribution in [1.82, 2.24) is 15.5 Å². The number of aliphatic hydroxyl groups is 2. The Morgan fingerprint density at radius 2 is 1.59 bits per heavy atom. The second-order valence-electron chi connectivity index (χ2n) is 11.2. The molecule has 39 heavy (non-hydrogen) atoms. The minimum absolute atomic E-state index is 0.0937. The zero-order valence-electron chi connectivity index (χ0n) is 21.6. The van der Waals surface area contributed by atoms with Crippen LogP contribution < -0.4 is 10.6 Å². The number of benzene rings is 2. The Labute approximate surface area is 226 Å². The molecule has 0 unspecified atom stereocenters. The highest BCUT2D eigenvalue weighted by Crippen LogP contribution is 2.50. The Kier molecular flexibility index (Phi) is 6.51. The molecular weight excluding hydrogens is 498 g/mol. The molecule has 4 fully saturated rings. The van der Waals surface area contributed by atoms with Gasteiger partial charge in [0.25, 0.3) is 5.91 Å². The molecule has 0 radical (unpaired) electrons. The number of hydrogen-bond donors (Lipinski definition) is 4. The number of amides is 3. The number of nitrogens with one attached hydrogen (secondary N) is 2. The smallest absolute Gasteiger partial charge is 0.264 e. The number of Topliss-reactive ketones (excluding diaryl/α,β-unsaturated/α-hetero) is 1.